The number of rotatable bonds is 4. The molecular formula is C19H18N2O. The smallest absolute Gasteiger partial charge is 0.257 e. The average Bonchev–Trinajstić information content (AvgIpc) is 2.56. The minimum Gasteiger partial charge on any atom is -0.322 e. The number of para-hydroxylation sites is 1. The number of hydrogen-bond acceptors (Lipinski definition) is 2. The highest BCUT2D eigenvalue weighted by atomic mass is 16.1. The summed E-state index contributed by atoms with van der Waals surface area (Å²) in [6, 6.07) is 17.5. The Labute approximate surface area is 130 Å². The van der Waals surface area contributed by atoms with E-state index in [0.29, 0.717) is 5.56 Å². The molecule has 0 unspecified atom stereocenters. The maximum Gasteiger partial charge on any atom is 0.257 e. The summed E-state index contributed by atoms with van der Waals surface area (Å²) in [4.78, 5) is 16.8. The molecule has 22 heavy (non-hydrogen) atoms. The van der Waals surface area contributed by atoms with E-state index in [9.17, 15) is 4.79 Å². The molecule has 0 aliphatic carbocycles. The van der Waals surface area contributed by atoms with Gasteiger partial charge < -0.3 is 5.32 Å². The van der Waals surface area contributed by atoms with Crippen molar-refractivity contribution in [2.45, 2.75) is 19.8 Å². The molecule has 0 radical (unpaired) electrons. The zero-order valence-electron chi connectivity index (χ0n) is 12.5. The van der Waals surface area contributed by atoms with Crippen LogP contribution in [0.4, 0.5) is 5.69 Å². The summed E-state index contributed by atoms with van der Waals surface area (Å²) in [7, 11) is 0. The number of benzene rings is 2. The van der Waals surface area contributed by atoms with Crippen molar-refractivity contribution in [3.05, 3.63) is 71.9 Å². The number of pyridine rings is 1. The molecule has 0 saturated heterocycles. The molecule has 1 amide bonds. The molecule has 3 aromatic rings. The quantitative estimate of drug-likeness (QED) is 0.772. The van der Waals surface area contributed by atoms with Crippen molar-refractivity contribution >= 4 is 22.5 Å². The minimum atomic E-state index is -0.132. The van der Waals surface area contributed by atoms with E-state index in [4.69, 9.17) is 0 Å². The van der Waals surface area contributed by atoms with E-state index in [0.717, 1.165) is 29.4 Å². The molecule has 2 aromatic carbocycles. The number of carbonyl (C=O) groups excluding carboxylic acids is 1. The summed E-state index contributed by atoms with van der Waals surface area (Å²) in [6.07, 6.45) is 3.88. The second-order valence-corrected chi connectivity index (χ2v) is 5.28. The zero-order valence-corrected chi connectivity index (χ0v) is 12.5. The summed E-state index contributed by atoms with van der Waals surface area (Å²) in [5.41, 5.74) is 3.41. The fourth-order valence-electron chi connectivity index (χ4n) is 2.53. The molecular weight excluding hydrogens is 272 g/mol. The van der Waals surface area contributed by atoms with Crippen LogP contribution < -0.4 is 5.32 Å². The molecule has 1 heterocycles. The van der Waals surface area contributed by atoms with Gasteiger partial charge in [0.25, 0.3) is 5.91 Å². The van der Waals surface area contributed by atoms with Crippen LogP contribution in [0.1, 0.15) is 29.3 Å². The SMILES string of the molecule is CCCc1ccc(NC(=O)c2cccc3cccnc23)cc1. The van der Waals surface area contributed by atoms with E-state index in [1.54, 1.807) is 12.3 Å². The zero-order chi connectivity index (χ0) is 15.4. The Bertz CT molecular complexity index is 789. The van der Waals surface area contributed by atoms with Crippen molar-refractivity contribution in [1.82, 2.24) is 4.98 Å². The largest absolute Gasteiger partial charge is 0.322 e. The molecule has 0 aliphatic rings. The summed E-state index contributed by atoms with van der Waals surface area (Å²) in [5.74, 6) is -0.132. The maximum atomic E-state index is 12.5. The molecule has 0 fully saturated rings. The number of nitrogens with zero attached hydrogens (tertiary/aromatic N) is 1. The van der Waals surface area contributed by atoms with Gasteiger partial charge in [-0.3, -0.25) is 9.78 Å². The molecule has 1 aromatic heterocycles. The maximum absolute atomic E-state index is 12.5. The Hall–Kier alpha value is -2.68. The van der Waals surface area contributed by atoms with Crippen molar-refractivity contribution in [2.24, 2.45) is 0 Å². The molecule has 0 bridgehead atoms. The fourth-order valence-corrected chi connectivity index (χ4v) is 2.53. The van der Waals surface area contributed by atoms with Crippen LogP contribution in [0.25, 0.3) is 10.9 Å². The first kappa shape index (κ1) is 14.3. The van der Waals surface area contributed by atoms with Gasteiger partial charge in [-0.25, -0.2) is 0 Å². The topological polar surface area (TPSA) is 42.0 Å². The molecule has 110 valence electrons. The highest BCUT2D eigenvalue weighted by Gasteiger charge is 2.10. The number of aromatic nitrogens is 1. The van der Waals surface area contributed by atoms with Gasteiger partial charge in [0.05, 0.1) is 11.1 Å². The molecule has 0 saturated carbocycles. The number of fused-ring (bicyclic) bond motifs is 1. The number of anilines is 1. The van der Waals surface area contributed by atoms with Gasteiger partial charge in [0.15, 0.2) is 0 Å². The normalized spacial score (nSPS) is 10.6. The Morgan fingerprint density at radius 3 is 2.59 bits per heavy atom. The van der Waals surface area contributed by atoms with E-state index in [2.05, 4.69) is 29.4 Å². The van der Waals surface area contributed by atoms with Crippen LogP contribution in [0, 0.1) is 0 Å². The van der Waals surface area contributed by atoms with E-state index in [-0.39, 0.29) is 5.91 Å². The average molecular weight is 290 g/mol. The summed E-state index contributed by atoms with van der Waals surface area (Å²) in [6.45, 7) is 2.16. The van der Waals surface area contributed by atoms with Gasteiger partial charge in [-0.2, -0.15) is 0 Å². The van der Waals surface area contributed by atoms with Crippen LogP contribution in [0.15, 0.2) is 60.8 Å². The van der Waals surface area contributed by atoms with Crippen LogP contribution >= 0.6 is 0 Å². The third kappa shape index (κ3) is 2.98. The van der Waals surface area contributed by atoms with Gasteiger partial charge in [0.2, 0.25) is 0 Å². The number of carbonyl (C=O) groups is 1. The summed E-state index contributed by atoms with van der Waals surface area (Å²) < 4.78 is 0. The van der Waals surface area contributed by atoms with Crippen molar-refractivity contribution in [1.29, 1.82) is 0 Å². The van der Waals surface area contributed by atoms with Crippen molar-refractivity contribution in [3.63, 3.8) is 0 Å². The summed E-state index contributed by atoms with van der Waals surface area (Å²) in [5, 5.41) is 3.91. The Morgan fingerprint density at radius 2 is 1.82 bits per heavy atom. The molecule has 3 rings (SSSR count). The van der Waals surface area contributed by atoms with Crippen LogP contribution in [0.2, 0.25) is 0 Å². The van der Waals surface area contributed by atoms with E-state index in [1.165, 1.54) is 5.56 Å². The third-order valence-electron chi connectivity index (χ3n) is 3.63. The van der Waals surface area contributed by atoms with Gasteiger partial charge in [-0.05, 0) is 36.2 Å². The lowest BCUT2D eigenvalue weighted by atomic mass is 10.1. The van der Waals surface area contributed by atoms with Gasteiger partial charge in [0.1, 0.15) is 0 Å². The second-order valence-electron chi connectivity index (χ2n) is 5.28. The first-order valence-corrected chi connectivity index (χ1v) is 7.52. The van der Waals surface area contributed by atoms with Crippen LogP contribution in [-0.4, -0.2) is 10.9 Å². The highest BCUT2D eigenvalue weighted by molar-refractivity contribution is 6.11. The Balaban J connectivity index is 1.84. The predicted molar refractivity (Wildman–Crippen MR) is 90.1 cm³/mol. The Morgan fingerprint density at radius 1 is 1.05 bits per heavy atom. The van der Waals surface area contributed by atoms with E-state index in [1.807, 2.05) is 36.4 Å². The Kier molecular flexibility index (Phi) is 4.15. The number of hydrogen-bond donors (Lipinski definition) is 1. The van der Waals surface area contributed by atoms with Crippen LogP contribution in [0.3, 0.4) is 0 Å². The van der Waals surface area contributed by atoms with Crippen LogP contribution in [0.5, 0.6) is 0 Å². The van der Waals surface area contributed by atoms with Crippen molar-refractivity contribution in [2.75, 3.05) is 5.32 Å². The predicted octanol–water partition coefficient (Wildman–Crippen LogP) is 4.44. The molecule has 0 aliphatic heterocycles. The lowest BCUT2D eigenvalue weighted by Gasteiger charge is -2.08. The van der Waals surface area contributed by atoms with Gasteiger partial charge >= 0.3 is 0 Å². The second kappa shape index (κ2) is 6.39. The lowest BCUT2D eigenvalue weighted by molar-refractivity contribution is 0.102. The molecule has 3 heteroatoms. The van der Waals surface area contributed by atoms with Crippen molar-refractivity contribution < 1.29 is 4.79 Å². The third-order valence-corrected chi connectivity index (χ3v) is 3.63. The first-order chi connectivity index (χ1) is 10.8. The number of nitrogens with one attached hydrogen (secondary N) is 1. The monoisotopic (exact) mass is 290 g/mol. The van der Waals surface area contributed by atoms with E-state index < -0.39 is 0 Å². The molecule has 0 spiro atoms. The van der Waals surface area contributed by atoms with Crippen molar-refractivity contribution in [3.8, 4) is 0 Å². The fraction of sp³-hybridized carbons (Fsp3) is 0.158. The highest BCUT2D eigenvalue weighted by Crippen LogP contribution is 2.18. The summed E-state index contributed by atoms with van der Waals surface area (Å²) >= 11 is 0. The van der Waals surface area contributed by atoms with Gasteiger partial charge in [-0.15, -0.1) is 0 Å². The minimum absolute atomic E-state index is 0.132. The number of aryl methyl sites for hydroxylation is 1. The first-order valence-electron chi connectivity index (χ1n) is 7.52. The molecule has 3 nitrogen and oxygen atoms in total. The standard InChI is InChI=1S/C19H18N2O/c1-2-5-14-9-11-16(12-10-14)21-19(22)17-8-3-6-15-7-4-13-20-18(15)17/h3-4,6-13H,2,5H2,1H3,(H,21,22). The molecule has 1 N–H and O–H groups in total. The van der Waals surface area contributed by atoms with Crippen LogP contribution in [-0.2, 0) is 6.42 Å². The van der Waals surface area contributed by atoms with E-state index >= 15 is 0 Å². The lowest BCUT2D eigenvalue weighted by Crippen LogP contribution is -2.12. The van der Waals surface area contributed by atoms with Gasteiger partial charge in [0, 0.05) is 17.3 Å². The number of amides is 1. The van der Waals surface area contributed by atoms with Gasteiger partial charge in [-0.1, -0.05) is 43.7 Å². The molecule has 0 atom stereocenters.